The van der Waals surface area contributed by atoms with Gasteiger partial charge in [0.15, 0.2) is 0 Å². The Bertz CT molecular complexity index is 971. The number of amides is 1. The van der Waals surface area contributed by atoms with Crippen molar-refractivity contribution in [1.29, 1.82) is 0 Å². The number of carbonyl (C=O) groups is 1. The van der Waals surface area contributed by atoms with E-state index in [-0.39, 0.29) is 29.6 Å². The van der Waals surface area contributed by atoms with E-state index in [1.54, 1.807) is 4.90 Å². The van der Waals surface area contributed by atoms with E-state index in [0.717, 1.165) is 5.75 Å². The molecule has 3 rings (SSSR count). The molecule has 0 aromatic heterocycles. The molecule has 1 fully saturated rings. The van der Waals surface area contributed by atoms with Crippen LogP contribution in [0.15, 0.2) is 59.5 Å². The summed E-state index contributed by atoms with van der Waals surface area (Å²) in [4.78, 5) is 24.2. The fourth-order valence-corrected chi connectivity index (χ4v) is 4.58. The molecule has 160 valence electrons. The maximum absolute atomic E-state index is 12.7. The summed E-state index contributed by atoms with van der Waals surface area (Å²) in [5.41, 5.74) is -0.166. The molecular weight excluding hydrogens is 410 g/mol. The van der Waals surface area contributed by atoms with Crippen molar-refractivity contribution in [2.75, 3.05) is 32.8 Å². The highest BCUT2D eigenvalue weighted by Crippen LogP contribution is 2.21. The van der Waals surface area contributed by atoms with Gasteiger partial charge >= 0.3 is 0 Å². The largest absolute Gasteiger partial charge is 0.494 e. The quantitative estimate of drug-likeness (QED) is 0.359. The standard InChI is InChI=1S/C20H23N3O6S/c24-20(7-4-16-29-18-5-2-1-3-6-18)21-12-14-22(15-13-21)30(27,28)19-10-8-17(9-11-19)23(25)26/h1-3,5-6,8-11H,4,7,12-16H2. The maximum Gasteiger partial charge on any atom is 0.269 e. The fraction of sp³-hybridized carbons (Fsp3) is 0.350. The Morgan fingerprint density at radius 2 is 1.63 bits per heavy atom. The summed E-state index contributed by atoms with van der Waals surface area (Å²) in [6.45, 7) is 1.43. The fourth-order valence-electron chi connectivity index (χ4n) is 3.16. The summed E-state index contributed by atoms with van der Waals surface area (Å²) in [5, 5.41) is 10.7. The monoisotopic (exact) mass is 433 g/mol. The first-order chi connectivity index (χ1) is 14.4. The summed E-state index contributed by atoms with van der Waals surface area (Å²) < 4.78 is 32.3. The van der Waals surface area contributed by atoms with Crippen LogP contribution in [0, 0.1) is 10.1 Å². The number of nitro groups is 1. The summed E-state index contributed by atoms with van der Waals surface area (Å²) >= 11 is 0. The molecule has 0 spiro atoms. The minimum absolute atomic E-state index is 0.00550. The number of rotatable bonds is 8. The lowest BCUT2D eigenvalue weighted by atomic mass is 10.2. The zero-order valence-electron chi connectivity index (χ0n) is 16.3. The topological polar surface area (TPSA) is 110 Å². The van der Waals surface area contributed by atoms with Gasteiger partial charge in [0.25, 0.3) is 5.69 Å². The Labute approximate surface area is 175 Å². The first kappa shape index (κ1) is 21.7. The van der Waals surface area contributed by atoms with E-state index >= 15 is 0 Å². The van der Waals surface area contributed by atoms with Crippen molar-refractivity contribution in [3.05, 3.63) is 64.7 Å². The predicted octanol–water partition coefficient (Wildman–Crippen LogP) is 2.29. The SMILES string of the molecule is O=C(CCCOc1ccccc1)N1CCN(S(=O)(=O)c2ccc([N+](=O)[O-])cc2)CC1. The van der Waals surface area contributed by atoms with Gasteiger partial charge in [0.05, 0.1) is 16.4 Å². The van der Waals surface area contributed by atoms with E-state index in [1.165, 1.54) is 28.6 Å². The van der Waals surface area contributed by atoms with Gasteiger partial charge in [-0.15, -0.1) is 0 Å². The Morgan fingerprint density at radius 1 is 1.00 bits per heavy atom. The number of carbonyl (C=O) groups excluding carboxylic acids is 1. The van der Waals surface area contributed by atoms with E-state index in [2.05, 4.69) is 0 Å². The molecule has 10 heteroatoms. The molecule has 0 radical (unpaired) electrons. The van der Waals surface area contributed by atoms with Gasteiger partial charge in [0.1, 0.15) is 5.75 Å². The number of benzene rings is 2. The van der Waals surface area contributed by atoms with E-state index in [4.69, 9.17) is 4.74 Å². The molecule has 9 nitrogen and oxygen atoms in total. The lowest BCUT2D eigenvalue weighted by Gasteiger charge is -2.34. The molecule has 0 saturated carbocycles. The average molecular weight is 433 g/mol. The van der Waals surface area contributed by atoms with Gasteiger partial charge in [-0.3, -0.25) is 14.9 Å². The molecule has 1 aliphatic rings. The predicted molar refractivity (Wildman–Crippen MR) is 110 cm³/mol. The molecule has 2 aromatic rings. The Balaban J connectivity index is 1.46. The number of piperazine rings is 1. The summed E-state index contributed by atoms with van der Waals surface area (Å²) in [7, 11) is -3.75. The van der Waals surface area contributed by atoms with Gasteiger partial charge in [0, 0.05) is 44.7 Å². The molecule has 1 aliphatic heterocycles. The van der Waals surface area contributed by atoms with E-state index in [0.29, 0.717) is 32.5 Å². The van der Waals surface area contributed by atoms with Gasteiger partial charge in [0.2, 0.25) is 15.9 Å². The van der Waals surface area contributed by atoms with Crippen molar-refractivity contribution in [1.82, 2.24) is 9.21 Å². The van der Waals surface area contributed by atoms with Crippen LogP contribution >= 0.6 is 0 Å². The molecule has 0 atom stereocenters. The number of hydrogen-bond donors (Lipinski definition) is 0. The second-order valence-corrected chi connectivity index (χ2v) is 8.74. The van der Waals surface area contributed by atoms with E-state index in [1.807, 2.05) is 30.3 Å². The smallest absolute Gasteiger partial charge is 0.269 e. The number of nitro benzene ring substituents is 1. The first-order valence-corrected chi connectivity index (χ1v) is 11.0. The minimum Gasteiger partial charge on any atom is -0.494 e. The molecular formula is C20H23N3O6S. The summed E-state index contributed by atoms with van der Waals surface area (Å²) in [6, 6.07) is 14.2. The van der Waals surface area contributed by atoms with Crippen molar-refractivity contribution in [2.45, 2.75) is 17.7 Å². The van der Waals surface area contributed by atoms with Gasteiger partial charge < -0.3 is 9.64 Å². The highest BCUT2D eigenvalue weighted by molar-refractivity contribution is 7.89. The van der Waals surface area contributed by atoms with Crippen LogP contribution in [-0.4, -0.2) is 61.2 Å². The molecule has 1 amide bonds. The van der Waals surface area contributed by atoms with Crippen molar-refractivity contribution in [2.24, 2.45) is 0 Å². The van der Waals surface area contributed by atoms with Crippen LogP contribution < -0.4 is 4.74 Å². The van der Waals surface area contributed by atoms with Crippen LogP contribution in [0.25, 0.3) is 0 Å². The molecule has 1 saturated heterocycles. The zero-order chi connectivity index (χ0) is 21.6. The molecule has 0 bridgehead atoms. The van der Waals surface area contributed by atoms with Crippen molar-refractivity contribution < 1.29 is 22.9 Å². The van der Waals surface area contributed by atoms with Crippen LogP contribution in [0.5, 0.6) is 5.75 Å². The second-order valence-electron chi connectivity index (χ2n) is 6.80. The van der Waals surface area contributed by atoms with Crippen molar-refractivity contribution >= 4 is 21.6 Å². The number of non-ortho nitro benzene ring substituents is 1. The van der Waals surface area contributed by atoms with Crippen molar-refractivity contribution in [3.8, 4) is 5.75 Å². The second kappa shape index (κ2) is 9.68. The highest BCUT2D eigenvalue weighted by Gasteiger charge is 2.30. The molecule has 0 aliphatic carbocycles. The van der Waals surface area contributed by atoms with Gasteiger partial charge in [-0.25, -0.2) is 8.42 Å². The third kappa shape index (κ3) is 5.33. The zero-order valence-corrected chi connectivity index (χ0v) is 17.2. The number of hydrogen-bond acceptors (Lipinski definition) is 6. The van der Waals surface area contributed by atoms with Gasteiger partial charge in [-0.1, -0.05) is 18.2 Å². The van der Waals surface area contributed by atoms with E-state index in [9.17, 15) is 23.3 Å². The summed E-state index contributed by atoms with van der Waals surface area (Å²) in [5.74, 6) is 0.731. The van der Waals surface area contributed by atoms with Crippen LogP contribution in [0.1, 0.15) is 12.8 Å². The third-order valence-corrected chi connectivity index (χ3v) is 6.74. The molecule has 30 heavy (non-hydrogen) atoms. The lowest BCUT2D eigenvalue weighted by Crippen LogP contribution is -2.50. The third-order valence-electron chi connectivity index (χ3n) is 4.82. The normalized spacial score (nSPS) is 15.0. The van der Waals surface area contributed by atoms with Crippen LogP contribution in [0.4, 0.5) is 5.69 Å². The Hall–Kier alpha value is -2.98. The number of ether oxygens (including phenoxy) is 1. The maximum atomic E-state index is 12.7. The summed E-state index contributed by atoms with van der Waals surface area (Å²) in [6.07, 6.45) is 0.914. The number of nitrogens with zero attached hydrogens (tertiary/aromatic N) is 3. The van der Waals surface area contributed by atoms with Crippen LogP contribution in [0.3, 0.4) is 0 Å². The number of para-hydroxylation sites is 1. The van der Waals surface area contributed by atoms with Crippen molar-refractivity contribution in [3.63, 3.8) is 0 Å². The highest BCUT2D eigenvalue weighted by atomic mass is 32.2. The Kier molecular flexibility index (Phi) is 7.01. The molecule has 2 aromatic carbocycles. The van der Waals surface area contributed by atoms with Crippen LogP contribution in [-0.2, 0) is 14.8 Å². The van der Waals surface area contributed by atoms with Gasteiger partial charge in [-0.2, -0.15) is 4.31 Å². The van der Waals surface area contributed by atoms with E-state index < -0.39 is 14.9 Å². The molecule has 1 heterocycles. The first-order valence-electron chi connectivity index (χ1n) is 9.58. The lowest BCUT2D eigenvalue weighted by molar-refractivity contribution is -0.384. The number of sulfonamides is 1. The molecule has 0 unspecified atom stereocenters. The molecule has 0 N–H and O–H groups in total. The minimum atomic E-state index is -3.75. The Morgan fingerprint density at radius 3 is 2.23 bits per heavy atom. The average Bonchev–Trinajstić information content (AvgIpc) is 2.77. The van der Waals surface area contributed by atoms with Crippen LogP contribution in [0.2, 0.25) is 0 Å². The van der Waals surface area contributed by atoms with Gasteiger partial charge in [-0.05, 0) is 30.7 Å².